The zero-order valence-corrected chi connectivity index (χ0v) is 15.6. The number of pyridine rings is 1. The number of imidazole rings is 1. The largest absolute Gasteiger partial charge is 0.497 e. The van der Waals surface area contributed by atoms with Crippen LogP contribution in [0.3, 0.4) is 0 Å². The fraction of sp³-hybridized carbons (Fsp3) is 0.381. The van der Waals surface area contributed by atoms with Gasteiger partial charge in [-0.15, -0.1) is 0 Å². The second-order valence-electron chi connectivity index (χ2n) is 6.90. The molecule has 26 heavy (non-hydrogen) atoms. The molecule has 3 heterocycles. The van der Waals surface area contributed by atoms with Gasteiger partial charge in [0.05, 0.1) is 25.6 Å². The van der Waals surface area contributed by atoms with E-state index in [0.717, 1.165) is 48.9 Å². The molecule has 0 radical (unpaired) electrons. The molecular weight excluding hydrogens is 326 g/mol. The second-order valence-corrected chi connectivity index (χ2v) is 6.90. The van der Waals surface area contributed by atoms with Crippen LogP contribution >= 0.6 is 0 Å². The van der Waals surface area contributed by atoms with E-state index in [1.54, 1.807) is 14.2 Å². The van der Waals surface area contributed by atoms with Crippen LogP contribution in [0.2, 0.25) is 0 Å². The number of rotatable bonds is 5. The zero-order chi connectivity index (χ0) is 18.1. The maximum absolute atomic E-state index is 5.59. The Bertz CT molecular complexity index is 919. The number of aromatic nitrogens is 2. The summed E-state index contributed by atoms with van der Waals surface area (Å²) in [6.07, 6.45) is 3.22. The van der Waals surface area contributed by atoms with Crippen LogP contribution in [0.25, 0.3) is 5.65 Å². The third-order valence-corrected chi connectivity index (χ3v) is 5.35. The van der Waals surface area contributed by atoms with Crippen molar-refractivity contribution in [3.8, 4) is 11.5 Å². The number of fused-ring (bicyclic) bond motifs is 1. The summed E-state index contributed by atoms with van der Waals surface area (Å²) in [5, 5.41) is 0. The number of methoxy groups -OCH3 is 2. The van der Waals surface area contributed by atoms with Crippen molar-refractivity contribution in [2.45, 2.75) is 25.8 Å². The molecular formula is C21H25N3O2. The van der Waals surface area contributed by atoms with Crippen LogP contribution in [0.15, 0.2) is 42.6 Å². The van der Waals surface area contributed by atoms with Gasteiger partial charge in [-0.25, -0.2) is 4.98 Å². The highest BCUT2D eigenvalue weighted by Crippen LogP contribution is 2.36. The molecule has 136 valence electrons. The number of likely N-dealkylation sites (tertiary alicyclic amines) is 1. The number of hydrogen-bond acceptors (Lipinski definition) is 4. The molecule has 0 unspecified atom stereocenters. The van der Waals surface area contributed by atoms with Gasteiger partial charge in [0.25, 0.3) is 0 Å². The van der Waals surface area contributed by atoms with E-state index in [0.29, 0.717) is 5.92 Å². The average Bonchev–Trinajstić information content (AvgIpc) is 3.26. The van der Waals surface area contributed by atoms with Gasteiger partial charge in [0.15, 0.2) is 0 Å². The number of ether oxygens (including phenoxy) is 2. The van der Waals surface area contributed by atoms with Crippen molar-refractivity contribution in [3.63, 3.8) is 0 Å². The first-order chi connectivity index (χ1) is 12.7. The number of benzene rings is 1. The molecule has 2 aromatic heterocycles. The van der Waals surface area contributed by atoms with E-state index in [-0.39, 0.29) is 0 Å². The van der Waals surface area contributed by atoms with Gasteiger partial charge in [-0.2, -0.15) is 0 Å². The fourth-order valence-corrected chi connectivity index (χ4v) is 3.96. The second kappa shape index (κ2) is 7.00. The van der Waals surface area contributed by atoms with Gasteiger partial charge in [0.2, 0.25) is 0 Å². The van der Waals surface area contributed by atoms with Gasteiger partial charge in [0, 0.05) is 30.8 Å². The van der Waals surface area contributed by atoms with Crippen LogP contribution in [0, 0.1) is 6.92 Å². The Kier molecular flexibility index (Phi) is 4.55. The smallest absolute Gasteiger partial charge is 0.137 e. The van der Waals surface area contributed by atoms with Gasteiger partial charge in [-0.05, 0) is 50.2 Å². The summed E-state index contributed by atoms with van der Waals surface area (Å²) in [7, 11) is 3.44. The molecule has 0 amide bonds. The maximum atomic E-state index is 5.59. The highest BCUT2D eigenvalue weighted by atomic mass is 16.5. The standard InChI is InChI=1S/C21H25N3O2/c1-15-19(24-10-5-4-6-21(24)22-15)14-23-11-9-16(13-23)18-12-17(25-2)7-8-20(18)26-3/h4-8,10,12,16H,9,11,13-14H2,1-3H3/t16-/m0/s1. The Morgan fingerprint density at radius 1 is 1.15 bits per heavy atom. The molecule has 0 N–H and O–H groups in total. The average molecular weight is 351 g/mol. The van der Waals surface area contributed by atoms with Gasteiger partial charge in [0.1, 0.15) is 17.1 Å². The molecule has 4 rings (SSSR count). The first-order valence-electron chi connectivity index (χ1n) is 9.06. The number of aryl methyl sites for hydroxylation is 1. The third-order valence-electron chi connectivity index (χ3n) is 5.35. The summed E-state index contributed by atoms with van der Waals surface area (Å²) in [5.74, 6) is 2.29. The molecule has 0 bridgehead atoms. The van der Waals surface area contributed by atoms with E-state index >= 15 is 0 Å². The maximum Gasteiger partial charge on any atom is 0.137 e. The van der Waals surface area contributed by atoms with Gasteiger partial charge in [-0.1, -0.05) is 6.07 Å². The van der Waals surface area contributed by atoms with Crippen LogP contribution in [0.1, 0.15) is 29.3 Å². The van der Waals surface area contributed by atoms with E-state index < -0.39 is 0 Å². The van der Waals surface area contributed by atoms with E-state index in [9.17, 15) is 0 Å². The highest BCUT2D eigenvalue weighted by molar-refractivity contribution is 5.44. The Morgan fingerprint density at radius 3 is 2.85 bits per heavy atom. The minimum atomic E-state index is 0.458. The minimum absolute atomic E-state index is 0.458. The molecule has 1 aliphatic heterocycles. The van der Waals surface area contributed by atoms with Crippen molar-refractivity contribution < 1.29 is 9.47 Å². The molecule has 0 saturated carbocycles. The summed E-state index contributed by atoms with van der Waals surface area (Å²) >= 11 is 0. The molecule has 1 fully saturated rings. The van der Waals surface area contributed by atoms with Crippen LogP contribution in [0.4, 0.5) is 0 Å². The molecule has 0 aliphatic carbocycles. The zero-order valence-electron chi connectivity index (χ0n) is 15.6. The summed E-state index contributed by atoms with van der Waals surface area (Å²) in [4.78, 5) is 7.19. The van der Waals surface area contributed by atoms with Crippen molar-refractivity contribution in [1.29, 1.82) is 0 Å². The van der Waals surface area contributed by atoms with Crippen LogP contribution in [-0.2, 0) is 6.54 Å². The minimum Gasteiger partial charge on any atom is -0.497 e. The van der Waals surface area contributed by atoms with E-state index in [1.807, 2.05) is 18.2 Å². The van der Waals surface area contributed by atoms with Crippen molar-refractivity contribution in [3.05, 3.63) is 59.5 Å². The lowest BCUT2D eigenvalue weighted by atomic mass is 9.97. The molecule has 1 aliphatic rings. The van der Waals surface area contributed by atoms with E-state index in [4.69, 9.17) is 9.47 Å². The Balaban J connectivity index is 1.55. The van der Waals surface area contributed by atoms with E-state index in [2.05, 4.69) is 45.6 Å². The summed E-state index contributed by atoms with van der Waals surface area (Å²) in [6.45, 7) is 5.11. The fourth-order valence-electron chi connectivity index (χ4n) is 3.96. The summed E-state index contributed by atoms with van der Waals surface area (Å²) in [6, 6.07) is 12.2. The van der Waals surface area contributed by atoms with Crippen molar-refractivity contribution in [1.82, 2.24) is 14.3 Å². The first kappa shape index (κ1) is 16.9. The lowest BCUT2D eigenvalue weighted by Gasteiger charge is -2.18. The lowest BCUT2D eigenvalue weighted by Crippen LogP contribution is -2.21. The monoisotopic (exact) mass is 351 g/mol. The predicted molar refractivity (Wildman–Crippen MR) is 102 cm³/mol. The SMILES string of the molecule is COc1ccc(OC)c([C@H]2CCN(Cc3c(C)nc4ccccn34)C2)c1. The van der Waals surface area contributed by atoms with Crippen molar-refractivity contribution >= 4 is 5.65 Å². The summed E-state index contributed by atoms with van der Waals surface area (Å²) in [5.41, 5.74) is 4.65. The van der Waals surface area contributed by atoms with Gasteiger partial charge < -0.3 is 13.9 Å². The molecule has 1 saturated heterocycles. The van der Waals surface area contributed by atoms with Gasteiger partial charge in [-0.3, -0.25) is 4.90 Å². The molecule has 1 atom stereocenters. The van der Waals surface area contributed by atoms with Gasteiger partial charge >= 0.3 is 0 Å². The molecule has 5 nitrogen and oxygen atoms in total. The topological polar surface area (TPSA) is 39.0 Å². The molecule has 5 heteroatoms. The van der Waals surface area contributed by atoms with Crippen LogP contribution in [-0.4, -0.2) is 41.6 Å². The first-order valence-corrected chi connectivity index (χ1v) is 9.06. The van der Waals surface area contributed by atoms with E-state index in [1.165, 1.54) is 11.3 Å². The summed E-state index contributed by atoms with van der Waals surface area (Å²) < 4.78 is 13.2. The van der Waals surface area contributed by atoms with Crippen molar-refractivity contribution in [2.75, 3.05) is 27.3 Å². The number of hydrogen-bond donors (Lipinski definition) is 0. The Morgan fingerprint density at radius 2 is 2.04 bits per heavy atom. The number of nitrogens with zero attached hydrogens (tertiary/aromatic N) is 3. The molecule has 1 aromatic carbocycles. The molecule has 3 aromatic rings. The normalized spacial score (nSPS) is 17.7. The molecule has 0 spiro atoms. The van der Waals surface area contributed by atoms with Crippen LogP contribution in [0.5, 0.6) is 11.5 Å². The quantitative estimate of drug-likeness (QED) is 0.703. The third kappa shape index (κ3) is 3.03. The Hall–Kier alpha value is -2.53. The predicted octanol–water partition coefficient (Wildman–Crippen LogP) is 3.65. The van der Waals surface area contributed by atoms with Crippen molar-refractivity contribution in [2.24, 2.45) is 0 Å². The lowest BCUT2D eigenvalue weighted by molar-refractivity contribution is 0.319. The highest BCUT2D eigenvalue weighted by Gasteiger charge is 2.27. The van der Waals surface area contributed by atoms with Crippen LogP contribution < -0.4 is 9.47 Å². The Labute approximate surface area is 154 Å².